The zero-order chi connectivity index (χ0) is 20.6. The third-order valence-corrected chi connectivity index (χ3v) is 5.00. The molecule has 2 amide bonds. The van der Waals surface area contributed by atoms with Gasteiger partial charge in [-0.3, -0.25) is 9.59 Å². The van der Waals surface area contributed by atoms with E-state index in [1.165, 1.54) is 0 Å². The van der Waals surface area contributed by atoms with E-state index in [1.54, 1.807) is 18.7 Å². The molecule has 0 bridgehead atoms. The summed E-state index contributed by atoms with van der Waals surface area (Å²) in [6.07, 6.45) is 1.63. The minimum Gasteiger partial charge on any atom is -0.489 e. The SMILES string of the molecule is CC(=O)N(CCNC(=O)c1noc(C)c1COc1ccccc1)C1CCOCC1. The van der Waals surface area contributed by atoms with Gasteiger partial charge < -0.3 is 24.2 Å². The van der Waals surface area contributed by atoms with Crippen molar-refractivity contribution in [3.05, 3.63) is 47.3 Å². The summed E-state index contributed by atoms with van der Waals surface area (Å²) in [4.78, 5) is 26.4. The number of para-hydroxylation sites is 1. The van der Waals surface area contributed by atoms with E-state index in [9.17, 15) is 9.59 Å². The van der Waals surface area contributed by atoms with Crippen molar-refractivity contribution >= 4 is 11.8 Å². The molecule has 0 aliphatic carbocycles. The molecule has 1 N–H and O–H groups in total. The summed E-state index contributed by atoms with van der Waals surface area (Å²) in [7, 11) is 0. The Balaban J connectivity index is 1.55. The van der Waals surface area contributed by atoms with Crippen molar-refractivity contribution in [3.63, 3.8) is 0 Å². The van der Waals surface area contributed by atoms with Gasteiger partial charge in [0.15, 0.2) is 5.69 Å². The van der Waals surface area contributed by atoms with Gasteiger partial charge in [0.25, 0.3) is 5.91 Å². The van der Waals surface area contributed by atoms with Crippen LogP contribution in [0.15, 0.2) is 34.9 Å². The van der Waals surface area contributed by atoms with Crippen LogP contribution in [0.5, 0.6) is 5.75 Å². The number of nitrogens with one attached hydrogen (secondary N) is 1. The topological polar surface area (TPSA) is 93.9 Å². The molecule has 0 saturated carbocycles. The first-order valence-corrected chi connectivity index (χ1v) is 9.82. The highest BCUT2D eigenvalue weighted by Gasteiger charge is 2.24. The van der Waals surface area contributed by atoms with Gasteiger partial charge in [-0.25, -0.2) is 0 Å². The summed E-state index contributed by atoms with van der Waals surface area (Å²) in [5.74, 6) is 0.899. The summed E-state index contributed by atoms with van der Waals surface area (Å²) < 4.78 is 16.3. The highest BCUT2D eigenvalue weighted by Crippen LogP contribution is 2.18. The van der Waals surface area contributed by atoms with Crippen LogP contribution in [0.3, 0.4) is 0 Å². The molecule has 1 aliphatic heterocycles. The Kier molecular flexibility index (Phi) is 7.24. The number of nitrogens with zero attached hydrogens (tertiary/aromatic N) is 2. The van der Waals surface area contributed by atoms with E-state index in [1.807, 2.05) is 30.3 Å². The number of aryl methyl sites for hydroxylation is 1. The second kappa shape index (κ2) is 10.1. The number of carbonyl (C=O) groups excluding carboxylic acids is 2. The normalized spacial score (nSPS) is 14.4. The predicted molar refractivity (Wildman–Crippen MR) is 106 cm³/mol. The molecule has 8 nitrogen and oxygen atoms in total. The van der Waals surface area contributed by atoms with Gasteiger partial charge in [0.05, 0.1) is 5.56 Å². The van der Waals surface area contributed by atoms with E-state index < -0.39 is 0 Å². The maximum absolute atomic E-state index is 12.6. The molecule has 3 rings (SSSR count). The molecule has 0 radical (unpaired) electrons. The molecule has 29 heavy (non-hydrogen) atoms. The van der Waals surface area contributed by atoms with Crippen LogP contribution >= 0.6 is 0 Å². The molecule has 1 fully saturated rings. The van der Waals surface area contributed by atoms with Crippen LogP contribution in [0, 0.1) is 6.92 Å². The van der Waals surface area contributed by atoms with Crippen LogP contribution in [0.4, 0.5) is 0 Å². The molecule has 1 aliphatic rings. The summed E-state index contributed by atoms with van der Waals surface area (Å²) in [5.41, 5.74) is 0.818. The molecule has 0 unspecified atom stereocenters. The van der Waals surface area contributed by atoms with E-state index in [4.69, 9.17) is 14.0 Å². The molecule has 1 aromatic heterocycles. The van der Waals surface area contributed by atoms with Crippen LogP contribution in [-0.4, -0.2) is 54.2 Å². The van der Waals surface area contributed by atoms with Crippen LogP contribution in [-0.2, 0) is 16.1 Å². The average molecular weight is 401 g/mol. The standard InChI is InChI=1S/C21H27N3O5/c1-15-19(14-28-18-6-4-3-5-7-18)20(23-29-15)21(26)22-10-11-24(16(2)25)17-8-12-27-13-9-17/h3-7,17H,8-14H2,1-2H3,(H,22,26). The lowest BCUT2D eigenvalue weighted by Gasteiger charge is -2.33. The highest BCUT2D eigenvalue weighted by atomic mass is 16.5. The van der Waals surface area contributed by atoms with Crippen molar-refractivity contribution in [2.45, 2.75) is 39.3 Å². The van der Waals surface area contributed by atoms with Crippen LogP contribution < -0.4 is 10.1 Å². The third-order valence-electron chi connectivity index (χ3n) is 5.00. The van der Waals surface area contributed by atoms with Gasteiger partial charge in [-0.1, -0.05) is 23.4 Å². The van der Waals surface area contributed by atoms with Gasteiger partial charge in [-0.05, 0) is 31.9 Å². The van der Waals surface area contributed by atoms with E-state index in [2.05, 4.69) is 10.5 Å². The predicted octanol–water partition coefficient (Wildman–Crippen LogP) is 2.32. The van der Waals surface area contributed by atoms with Crippen molar-refractivity contribution in [2.75, 3.05) is 26.3 Å². The number of benzene rings is 1. The van der Waals surface area contributed by atoms with E-state index in [-0.39, 0.29) is 30.2 Å². The van der Waals surface area contributed by atoms with Gasteiger partial charge in [0.1, 0.15) is 18.1 Å². The summed E-state index contributed by atoms with van der Waals surface area (Å²) in [6, 6.07) is 9.50. The molecule has 0 atom stereocenters. The maximum Gasteiger partial charge on any atom is 0.273 e. The van der Waals surface area contributed by atoms with E-state index >= 15 is 0 Å². The minimum atomic E-state index is -0.344. The number of hydrogen-bond donors (Lipinski definition) is 1. The second-order valence-corrected chi connectivity index (χ2v) is 6.98. The fourth-order valence-corrected chi connectivity index (χ4v) is 3.38. The molecule has 1 saturated heterocycles. The molecule has 2 aromatic rings. The summed E-state index contributed by atoms with van der Waals surface area (Å²) in [5, 5.41) is 6.72. The largest absolute Gasteiger partial charge is 0.489 e. The average Bonchev–Trinajstić information content (AvgIpc) is 3.11. The Morgan fingerprint density at radius 1 is 1.24 bits per heavy atom. The Bertz CT molecular complexity index is 815. The van der Waals surface area contributed by atoms with Crippen molar-refractivity contribution in [3.8, 4) is 5.75 Å². The quantitative estimate of drug-likeness (QED) is 0.730. The Morgan fingerprint density at radius 2 is 1.97 bits per heavy atom. The molecule has 156 valence electrons. The fraction of sp³-hybridized carbons (Fsp3) is 0.476. The maximum atomic E-state index is 12.6. The molecule has 2 heterocycles. The van der Waals surface area contributed by atoms with Gasteiger partial charge in [-0.2, -0.15) is 0 Å². The number of rotatable bonds is 8. The van der Waals surface area contributed by atoms with E-state index in [0.29, 0.717) is 43.4 Å². The van der Waals surface area contributed by atoms with Crippen LogP contribution in [0.1, 0.15) is 41.6 Å². The zero-order valence-corrected chi connectivity index (χ0v) is 16.8. The smallest absolute Gasteiger partial charge is 0.273 e. The monoisotopic (exact) mass is 401 g/mol. The van der Waals surface area contributed by atoms with Gasteiger partial charge in [0, 0.05) is 39.3 Å². The number of aromatic nitrogens is 1. The molecular weight excluding hydrogens is 374 g/mol. The van der Waals surface area contributed by atoms with Crippen molar-refractivity contribution < 1.29 is 23.6 Å². The number of carbonyl (C=O) groups is 2. The Morgan fingerprint density at radius 3 is 2.66 bits per heavy atom. The first-order chi connectivity index (χ1) is 14.1. The van der Waals surface area contributed by atoms with Gasteiger partial charge in [-0.15, -0.1) is 0 Å². The van der Waals surface area contributed by atoms with Crippen molar-refractivity contribution in [1.29, 1.82) is 0 Å². The molecular formula is C21H27N3O5. The summed E-state index contributed by atoms with van der Waals surface area (Å²) in [6.45, 7) is 5.57. The zero-order valence-electron chi connectivity index (χ0n) is 16.8. The Labute approximate surface area is 170 Å². The number of ether oxygens (including phenoxy) is 2. The first kappa shape index (κ1) is 20.9. The molecule has 1 aromatic carbocycles. The van der Waals surface area contributed by atoms with Gasteiger partial charge in [0.2, 0.25) is 5.91 Å². The summed E-state index contributed by atoms with van der Waals surface area (Å²) >= 11 is 0. The molecule has 8 heteroatoms. The number of amides is 2. The lowest BCUT2D eigenvalue weighted by atomic mass is 10.1. The van der Waals surface area contributed by atoms with Crippen molar-refractivity contribution in [2.24, 2.45) is 0 Å². The highest BCUT2D eigenvalue weighted by molar-refractivity contribution is 5.93. The first-order valence-electron chi connectivity index (χ1n) is 9.82. The van der Waals surface area contributed by atoms with E-state index in [0.717, 1.165) is 12.8 Å². The lowest BCUT2D eigenvalue weighted by Crippen LogP contribution is -2.46. The van der Waals surface area contributed by atoms with Crippen LogP contribution in [0.25, 0.3) is 0 Å². The molecule has 0 spiro atoms. The minimum absolute atomic E-state index is 0.000352. The van der Waals surface area contributed by atoms with Crippen LogP contribution in [0.2, 0.25) is 0 Å². The Hall–Kier alpha value is -2.87. The fourth-order valence-electron chi connectivity index (χ4n) is 3.38. The van der Waals surface area contributed by atoms with Gasteiger partial charge >= 0.3 is 0 Å². The van der Waals surface area contributed by atoms with Crippen molar-refractivity contribution in [1.82, 2.24) is 15.4 Å². The third kappa shape index (κ3) is 5.57. The lowest BCUT2D eigenvalue weighted by molar-refractivity contribution is -0.132. The second-order valence-electron chi connectivity index (χ2n) is 6.98. The number of hydrogen-bond acceptors (Lipinski definition) is 6.